The zero-order valence-corrected chi connectivity index (χ0v) is 14.2. The number of hydrogen-bond acceptors (Lipinski definition) is 4. The molecule has 23 heavy (non-hydrogen) atoms. The number of aryl methyl sites for hydroxylation is 1. The Morgan fingerprint density at radius 1 is 1.22 bits per heavy atom. The maximum atomic E-state index is 6.27. The maximum absolute atomic E-state index is 6.27. The fourth-order valence-corrected chi connectivity index (χ4v) is 5.53. The maximum Gasteiger partial charge on any atom is 0.164 e. The van der Waals surface area contributed by atoms with Crippen LogP contribution in [0, 0.1) is 11.3 Å². The number of hydrogen-bond donors (Lipinski definition) is 0. The summed E-state index contributed by atoms with van der Waals surface area (Å²) in [4.78, 5) is 0. The molecule has 1 saturated carbocycles. The van der Waals surface area contributed by atoms with Crippen LogP contribution in [-0.2, 0) is 20.6 Å². The average Bonchev–Trinajstić information content (AvgIpc) is 3.10. The van der Waals surface area contributed by atoms with E-state index in [1.165, 1.54) is 24.0 Å². The van der Waals surface area contributed by atoms with Crippen LogP contribution in [0.2, 0.25) is 0 Å². The third kappa shape index (κ3) is 2.08. The van der Waals surface area contributed by atoms with Crippen LogP contribution in [-0.4, -0.2) is 40.3 Å². The van der Waals surface area contributed by atoms with E-state index in [9.17, 15) is 0 Å². The minimum Gasteiger partial charge on any atom is -0.497 e. The van der Waals surface area contributed by atoms with Crippen molar-refractivity contribution in [1.82, 2.24) is 0 Å². The number of fused-ring (bicyclic) bond motifs is 2. The van der Waals surface area contributed by atoms with Gasteiger partial charge >= 0.3 is 0 Å². The molecule has 0 bridgehead atoms. The average molecular weight is 318 g/mol. The van der Waals surface area contributed by atoms with Crippen LogP contribution in [0.5, 0.6) is 5.75 Å². The lowest BCUT2D eigenvalue weighted by Crippen LogP contribution is -2.42. The summed E-state index contributed by atoms with van der Waals surface area (Å²) in [5.41, 5.74) is 3.02. The van der Waals surface area contributed by atoms with E-state index in [0.717, 1.165) is 18.6 Å². The monoisotopic (exact) mass is 318 g/mol. The summed E-state index contributed by atoms with van der Waals surface area (Å²) in [6.07, 6.45) is 4.66. The molecule has 5 atom stereocenters. The van der Waals surface area contributed by atoms with Crippen LogP contribution in [0.25, 0.3) is 0 Å². The molecular formula is C19H26O4. The Hall–Kier alpha value is -1.10. The van der Waals surface area contributed by atoms with Crippen molar-refractivity contribution < 1.29 is 18.9 Å². The van der Waals surface area contributed by atoms with Gasteiger partial charge in [-0.05, 0) is 60.8 Å². The number of rotatable bonds is 4. The number of ether oxygens (including phenoxy) is 4. The van der Waals surface area contributed by atoms with Gasteiger partial charge in [0.1, 0.15) is 5.75 Å². The Morgan fingerprint density at radius 2 is 2.09 bits per heavy atom. The van der Waals surface area contributed by atoms with E-state index in [0.29, 0.717) is 18.4 Å². The van der Waals surface area contributed by atoms with Gasteiger partial charge in [0.15, 0.2) is 6.29 Å². The third-order valence-electron chi connectivity index (χ3n) is 6.39. The first-order valence-electron chi connectivity index (χ1n) is 8.58. The first-order valence-corrected chi connectivity index (χ1v) is 8.58. The molecule has 1 spiro atoms. The molecule has 3 aliphatic rings. The van der Waals surface area contributed by atoms with Gasteiger partial charge in [0.05, 0.1) is 19.8 Å². The Balaban J connectivity index is 1.74. The van der Waals surface area contributed by atoms with Gasteiger partial charge in [0.2, 0.25) is 0 Å². The second-order valence-corrected chi connectivity index (χ2v) is 7.11. The smallest absolute Gasteiger partial charge is 0.164 e. The van der Waals surface area contributed by atoms with Crippen molar-refractivity contribution in [3.8, 4) is 5.75 Å². The second-order valence-electron chi connectivity index (χ2n) is 7.11. The highest BCUT2D eigenvalue weighted by Gasteiger charge is 2.64. The van der Waals surface area contributed by atoms with Crippen LogP contribution in [0.15, 0.2) is 18.2 Å². The summed E-state index contributed by atoms with van der Waals surface area (Å²) in [5, 5.41) is 0. The molecule has 4 rings (SSSR count). The van der Waals surface area contributed by atoms with Gasteiger partial charge in [-0.3, -0.25) is 0 Å². The largest absolute Gasteiger partial charge is 0.497 e. The Kier molecular flexibility index (Phi) is 3.87. The molecule has 4 heteroatoms. The standard InChI is InChI=1S/C19H26O4/c1-20-11-17-16-7-6-15-14-5-4-13(21-2)10-12(14)8-9-19(15,16)18(22-3)23-17/h4-5,10,15-18H,6-9,11H2,1-3H3/t15?,16-,17-,18?,19-/m1/s1. The van der Waals surface area contributed by atoms with Crippen LogP contribution < -0.4 is 4.74 Å². The zero-order valence-electron chi connectivity index (χ0n) is 14.2. The molecule has 0 aromatic heterocycles. The molecule has 2 fully saturated rings. The van der Waals surface area contributed by atoms with Crippen LogP contribution in [0.3, 0.4) is 0 Å². The third-order valence-corrected chi connectivity index (χ3v) is 6.39. The van der Waals surface area contributed by atoms with Gasteiger partial charge in [-0.15, -0.1) is 0 Å². The van der Waals surface area contributed by atoms with Crippen LogP contribution in [0.1, 0.15) is 36.3 Å². The molecule has 1 aliphatic heterocycles. The molecular weight excluding hydrogens is 292 g/mol. The molecule has 4 nitrogen and oxygen atoms in total. The van der Waals surface area contributed by atoms with E-state index in [4.69, 9.17) is 18.9 Å². The SMILES string of the molecule is COC[C@H]1OC(OC)[C@]23CCc4cc(OC)ccc4C2CC[C@H]13. The van der Waals surface area contributed by atoms with E-state index in [2.05, 4.69) is 18.2 Å². The molecule has 1 heterocycles. The van der Waals surface area contributed by atoms with Crippen molar-refractivity contribution in [1.29, 1.82) is 0 Å². The Labute approximate surface area is 138 Å². The lowest BCUT2D eigenvalue weighted by Gasteiger charge is -2.43. The Bertz CT molecular complexity index is 587. The van der Waals surface area contributed by atoms with Gasteiger partial charge in [-0.2, -0.15) is 0 Å². The van der Waals surface area contributed by atoms with Crippen molar-refractivity contribution in [2.24, 2.45) is 11.3 Å². The predicted molar refractivity (Wildman–Crippen MR) is 86.8 cm³/mol. The summed E-state index contributed by atoms with van der Waals surface area (Å²) >= 11 is 0. The van der Waals surface area contributed by atoms with Crippen molar-refractivity contribution in [3.05, 3.63) is 29.3 Å². The molecule has 1 aromatic rings. The molecule has 1 saturated heterocycles. The van der Waals surface area contributed by atoms with E-state index in [1.54, 1.807) is 21.3 Å². The summed E-state index contributed by atoms with van der Waals surface area (Å²) in [5.74, 6) is 2.01. The molecule has 126 valence electrons. The fraction of sp³-hybridized carbons (Fsp3) is 0.684. The van der Waals surface area contributed by atoms with Crippen LogP contribution in [0.4, 0.5) is 0 Å². The Morgan fingerprint density at radius 3 is 2.83 bits per heavy atom. The first kappa shape index (κ1) is 15.4. The van der Waals surface area contributed by atoms with Crippen molar-refractivity contribution in [2.75, 3.05) is 27.9 Å². The van der Waals surface area contributed by atoms with Crippen LogP contribution >= 0.6 is 0 Å². The zero-order chi connectivity index (χ0) is 16.0. The normalized spacial score (nSPS) is 38.0. The lowest BCUT2D eigenvalue weighted by molar-refractivity contribution is -0.171. The molecule has 2 unspecified atom stereocenters. The summed E-state index contributed by atoms with van der Waals surface area (Å²) in [6.45, 7) is 0.661. The summed E-state index contributed by atoms with van der Waals surface area (Å²) < 4.78 is 22.9. The topological polar surface area (TPSA) is 36.9 Å². The van der Waals surface area contributed by atoms with E-state index >= 15 is 0 Å². The highest BCUT2D eigenvalue weighted by atomic mass is 16.7. The molecule has 0 radical (unpaired) electrons. The van der Waals surface area contributed by atoms with Gasteiger partial charge in [0.25, 0.3) is 0 Å². The van der Waals surface area contributed by atoms with Gasteiger partial charge in [0, 0.05) is 19.6 Å². The predicted octanol–water partition coefficient (Wildman–Crippen LogP) is 3.14. The molecule has 2 aliphatic carbocycles. The first-order chi connectivity index (χ1) is 11.2. The van der Waals surface area contributed by atoms with Gasteiger partial charge < -0.3 is 18.9 Å². The quantitative estimate of drug-likeness (QED) is 0.854. The van der Waals surface area contributed by atoms with Crippen molar-refractivity contribution in [3.63, 3.8) is 0 Å². The van der Waals surface area contributed by atoms with E-state index in [1.807, 2.05) is 0 Å². The van der Waals surface area contributed by atoms with Gasteiger partial charge in [-0.1, -0.05) is 6.07 Å². The number of benzene rings is 1. The minimum atomic E-state index is -0.115. The van der Waals surface area contributed by atoms with Crippen molar-refractivity contribution >= 4 is 0 Å². The van der Waals surface area contributed by atoms with Crippen molar-refractivity contribution in [2.45, 2.75) is 44.0 Å². The van der Waals surface area contributed by atoms with Gasteiger partial charge in [-0.25, -0.2) is 0 Å². The van der Waals surface area contributed by atoms with E-state index < -0.39 is 0 Å². The summed E-state index contributed by atoms with van der Waals surface area (Å²) in [7, 11) is 5.27. The number of methoxy groups -OCH3 is 3. The second kappa shape index (κ2) is 5.76. The lowest BCUT2D eigenvalue weighted by atomic mass is 9.62. The fourth-order valence-electron chi connectivity index (χ4n) is 5.53. The molecule has 1 aromatic carbocycles. The summed E-state index contributed by atoms with van der Waals surface area (Å²) in [6, 6.07) is 6.56. The molecule has 0 amide bonds. The highest BCUT2D eigenvalue weighted by molar-refractivity contribution is 5.42. The minimum absolute atomic E-state index is 0.111. The highest BCUT2D eigenvalue weighted by Crippen LogP contribution is 2.65. The molecule has 0 N–H and O–H groups in total. The van der Waals surface area contributed by atoms with E-state index in [-0.39, 0.29) is 17.8 Å².